The summed E-state index contributed by atoms with van der Waals surface area (Å²) >= 11 is 0. The maximum Gasteiger partial charge on any atom is 0.344 e. The quantitative estimate of drug-likeness (QED) is 0.0567. The van der Waals surface area contributed by atoms with Crippen molar-refractivity contribution >= 4 is 58.4 Å². The van der Waals surface area contributed by atoms with Crippen LogP contribution < -0.4 is 4.74 Å². The molecule has 9 atom stereocenters. The van der Waals surface area contributed by atoms with Gasteiger partial charge in [0.2, 0.25) is 0 Å². The standard InChI is InChI=1S/C53H52O15/c1-29-39(63-30(2)54)27-53(61)47(67-48(59)35-15-9-8-10-16-35)45-51(7,46(58)44(64-31(3)55)43(29)50(53,5)6)40(26-41-52(45,28-62-41)68-32(4)56)66-42(57)25-22-33-20-23-36(24-21-33)65-49(60)38-19-13-17-34-14-11-12-18-37(34)38/h8-25,39-41,44-45,47,61H,26-28H2,1-7H3/b25-22+/t39-,40-,41+,44+,45-,47-,51+,52-,53+/m0/s1. The number of carbonyl (C=O) groups is 7. The molecule has 4 aromatic carbocycles. The van der Waals surface area contributed by atoms with E-state index in [0.29, 0.717) is 16.7 Å². The molecule has 1 N–H and O–H groups in total. The van der Waals surface area contributed by atoms with Gasteiger partial charge in [-0.3, -0.25) is 19.2 Å². The Labute approximate surface area is 392 Å². The number of aliphatic hydroxyl groups is 1. The van der Waals surface area contributed by atoms with E-state index in [1.165, 1.54) is 32.1 Å². The van der Waals surface area contributed by atoms with Crippen molar-refractivity contribution in [2.45, 2.75) is 103 Å². The summed E-state index contributed by atoms with van der Waals surface area (Å²) in [6.07, 6.45) is -5.30. The smallest absolute Gasteiger partial charge is 0.344 e. The summed E-state index contributed by atoms with van der Waals surface area (Å²) in [5, 5.41) is 15.3. The second-order valence-electron chi connectivity index (χ2n) is 18.6. The van der Waals surface area contributed by atoms with Crippen LogP contribution in [0.4, 0.5) is 0 Å². The molecule has 4 aromatic rings. The van der Waals surface area contributed by atoms with E-state index in [2.05, 4.69) is 0 Å². The molecule has 1 heterocycles. The lowest BCUT2D eigenvalue weighted by Crippen LogP contribution is -2.82. The van der Waals surface area contributed by atoms with Gasteiger partial charge in [0.05, 0.1) is 29.1 Å². The van der Waals surface area contributed by atoms with E-state index >= 15 is 4.79 Å². The summed E-state index contributed by atoms with van der Waals surface area (Å²) < 4.78 is 42.3. The first kappa shape index (κ1) is 47.5. The van der Waals surface area contributed by atoms with Crippen molar-refractivity contribution in [1.29, 1.82) is 0 Å². The van der Waals surface area contributed by atoms with E-state index in [0.717, 1.165) is 30.7 Å². The van der Waals surface area contributed by atoms with Crippen LogP contribution in [-0.4, -0.2) is 95.0 Å². The SMILES string of the molecule is CC(=O)O[C@H]1C(=O)[C@]2(C)[C@@H](OC(=O)/C=C/c3ccc(OC(=O)c4cccc5ccccc45)cc3)C[C@H]3OC[C@@]3(OC(C)=O)[C@H]2[C@H](OC(=O)c2ccccc2)[C@]2(O)C[C@H](OC(C)=O)C(C)=C1C2(C)C. The molecule has 2 bridgehead atoms. The van der Waals surface area contributed by atoms with E-state index in [-0.39, 0.29) is 36.3 Å². The number of carbonyl (C=O) groups excluding carboxylic acids is 7. The van der Waals surface area contributed by atoms with Gasteiger partial charge in [0.15, 0.2) is 17.5 Å². The first-order chi connectivity index (χ1) is 32.2. The van der Waals surface area contributed by atoms with Gasteiger partial charge in [0.25, 0.3) is 0 Å². The number of ketones is 1. The molecule has 4 aliphatic rings. The first-order valence-corrected chi connectivity index (χ1v) is 22.3. The fraction of sp³-hybridized carbons (Fsp3) is 0.377. The van der Waals surface area contributed by atoms with Gasteiger partial charge in [-0.15, -0.1) is 0 Å². The average Bonchev–Trinajstić information content (AvgIpc) is 3.29. The van der Waals surface area contributed by atoms with E-state index in [1.54, 1.807) is 75.4 Å². The van der Waals surface area contributed by atoms with Crippen LogP contribution in [0.2, 0.25) is 0 Å². The van der Waals surface area contributed by atoms with E-state index in [4.69, 9.17) is 33.2 Å². The van der Waals surface area contributed by atoms with Crippen molar-refractivity contribution in [3.8, 4) is 5.75 Å². The minimum Gasteiger partial charge on any atom is -0.458 e. The number of Topliss-reactive ketones (excluding diaryl/α,β-unsaturated/α-hetero) is 1. The summed E-state index contributed by atoms with van der Waals surface area (Å²) in [6.45, 7) is 9.39. The Balaban J connectivity index is 1.19. The molecular weight excluding hydrogens is 877 g/mol. The summed E-state index contributed by atoms with van der Waals surface area (Å²) in [6, 6.07) is 27.1. The third-order valence-corrected chi connectivity index (χ3v) is 14.2. The van der Waals surface area contributed by atoms with Crippen LogP contribution in [0, 0.1) is 16.7 Å². The highest BCUT2D eigenvalue weighted by molar-refractivity contribution is 6.05. The molecule has 3 aliphatic carbocycles. The van der Waals surface area contributed by atoms with E-state index < -0.39 is 100 Å². The fourth-order valence-corrected chi connectivity index (χ4v) is 10.9. The van der Waals surface area contributed by atoms with Crippen LogP contribution in [0.25, 0.3) is 16.8 Å². The Kier molecular flexibility index (Phi) is 12.5. The van der Waals surface area contributed by atoms with Crippen LogP contribution in [0.15, 0.2) is 114 Å². The van der Waals surface area contributed by atoms with Crippen molar-refractivity contribution in [2.75, 3.05) is 6.61 Å². The van der Waals surface area contributed by atoms with Crippen LogP contribution >= 0.6 is 0 Å². The van der Waals surface area contributed by atoms with Crippen LogP contribution in [0.1, 0.15) is 87.6 Å². The zero-order chi connectivity index (χ0) is 48.9. The Morgan fingerprint density at radius 2 is 1.41 bits per heavy atom. The molecule has 3 fully saturated rings. The molecule has 0 aromatic heterocycles. The lowest BCUT2D eigenvalue weighted by atomic mass is 9.44. The molecular formula is C53H52O15. The molecule has 0 amide bonds. The maximum absolute atomic E-state index is 15.9. The largest absolute Gasteiger partial charge is 0.458 e. The van der Waals surface area contributed by atoms with Gasteiger partial charge in [-0.1, -0.05) is 80.6 Å². The van der Waals surface area contributed by atoms with Crippen molar-refractivity contribution < 1.29 is 71.8 Å². The van der Waals surface area contributed by atoms with Crippen LogP contribution in [0.3, 0.4) is 0 Å². The van der Waals surface area contributed by atoms with Crippen molar-refractivity contribution in [3.05, 3.63) is 131 Å². The van der Waals surface area contributed by atoms with Gasteiger partial charge >= 0.3 is 35.8 Å². The van der Waals surface area contributed by atoms with Gasteiger partial charge < -0.3 is 38.3 Å². The van der Waals surface area contributed by atoms with Gasteiger partial charge in [-0.25, -0.2) is 14.4 Å². The first-order valence-electron chi connectivity index (χ1n) is 22.3. The maximum atomic E-state index is 15.9. The summed E-state index contributed by atoms with van der Waals surface area (Å²) in [7, 11) is 0. The molecule has 0 unspecified atom stereocenters. The number of rotatable bonds is 10. The monoisotopic (exact) mass is 928 g/mol. The second-order valence-corrected chi connectivity index (χ2v) is 18.6. The number of ether oxygens (including phenoxy) is 7. The van der Waals surface area contributed by atoms with E-state index in [9.17, 15) is 33.9 Å². The molecule has 1 saturated heterocycles. The summed E-state index contributed by atoms with van der Waals surface area (Å²) in [5.74, 6) is -6.86. The second kappa shape index (κ2) is 17.9. The fourth-order valence-electron chi connectivity index (χ4n) is 10.9. The predicted octanol–water partition coefficient (Wildman–Crippen LogP) is 6.86. The molecule has 1 aliphatic heterocycles. The molecule has 15 heteroatoms. The normalized spacial score (nSPS) is 29.2. The number of esters is 6. The molecule has 0 radical (unpaired) electrons. The third kappa shape index (κ3) is 8.17. The Morgan fingerprint density at radius 3 is 2.06 bits per heavy atom. The molecule has 2 saturated carbocycles. The van der Waals surface area contributed by atoms with Gasteiger partial charge in [-0.2, -0.15) is 0 Å². The molecule has 15 nitrogen and oxygen atoms in total. The lowest BCUT2D eigenvalue weighted by molar-refractivity contribution is -0.346. The van der Waals surface area contributed by atoms with Gasteiger partial charge in [-0.05, 0) is 77.7 Å². The Hall–Kier alpha value is -6.97. The van der Waals surface area contributed by atoms with Crippen molar-refractivity contribution in [2.24, 2.45) is 16.7 Å². The van der Waals surface area contributed by atoms with Crippen molar-refractivity contribution in [3.63, 3.8) is 0 Å². The Morgan fingerprint density at radius 1 is 0.750 bits per heavy atom. The topological polar surface area (TPSA) is 204 Å². The van der Waals surface area contributed by atoms with Gasteiger partial charge in [0, 0.05) is 45.1 Å². The molecule has 354 valence electrons. The number of benzene rings is 4. The molecule has 0 spiro atoms. The molecule has 8 rings (SSSR count). The molecule has 68 heavy (non-hydrogen) atoms. The highest BCUT2D eigenvalue weighted by Crippen LogP contribution is 2.65. The minimum absolute atomic E-state index is 0.0860. The highest BCUT2D eigenvalue weighted by atomic mass is 16.6. The minimum atomic E-state index is -2.29. The number of hydrogen-bond acceptors (Lipinski definition) is 15. The highest BCUT2D eigenvalue weighted by Gasteiger charge is 2.79. The number of hydrogen-bond donors (Lipinski definition) is 1. The third-order valence-electron chi connectivity index (χ3n) is 14.2. The van der Waals surface area contributed by atoms with Crippen LogP contribution in [-0.2, 0) is 52.4 Å². The lowest BCUT2D eigenvalue weighted by Gasteiger charge is -2.67. The van der Waals surface area contributed by atoms with E-state index in [1.807, 2.05) is 30.3 Å². The number of fused-ring (bicyclic) bond motifs is 6. The zero-order valence-corrected chi connectivity index (χ0v) is 38.6. The summed E-state index contributed by atoms with van der Waals surface area (Å²) in [4.78, 5) is 96.5. The predicted molar refractivity (Wildman–Crippen MR) is 243 cm³/mol. The van der Waals surface area contributed by atoms with Crippen LogP contribution in [0.5, 0.6) is 5.75 Å². The van der Waals surface area contributed by atoms with Gasteiger partial charge in [0.1, 0.15) is 35.8 Å². The average molecular weight is 929 g/mol. The Bertz CT molecular complexity index is 2770. The zero-order valence-electron chi connectivity index (χ0n) is 38.6. The summed E-state index contributed by atoms with van der Waals surface area (Å²) in [5.41, 5.74) is -6.35. The van der Waals surface area contributed by atoms with Crippen molar-refractivity contribution in [1.82, 2.24) is 0 Å².